The van der Waals surface area contributed by atoms with Gasteiger partial charge in [-0.1, -0.05) is 5.16 Å². The van der Waals surface area contributed by atoms with Gasteiger partial charge >= 0.3 is 0 Å². The second-order valence-electron chi connectivity index (χ2n) is 4.96. The van der Waals surface area contributed by atoms with Crippen LogP contribution in [-0.4, -0.2) is 18.6 Å². The van der Waals surface area contributed by atoms with Crippen molar-refractivity contribution in [3.63, 3.8) is 0 Å². The minimum atomic E-state index is -3.84. The van der Waals surface area contributed by atoms with Gasteiger partial charge in [-0.25, -0.2) is 13.4 Å². The van der Waals surface area contributed by atoms with E-state index < -0.39 is 15.6 Å². The van der Waals surface area contributed by atoms with Crippen molar-refractivity contribution in [3.8, 4) is 0 Å². The number of aryl methyl sites for hydroxylation is 2. The van der Waals surface area contributed by atoms with Crippen molar-refractivity contribution in [2.75, 3.05) is 5.73 Å². The lowest BCUT2D eigenvalue weighted by Crippen LogP contribution is -2.41. The van der Waals surface area contributed by atoms with E-state index in [-0.39, 0.29) is 16.5 Å². The lowest BCUT2D eigenvalue weighted by Gasteiger charge is -2.23. The molecule has 0 atom stereocenters. The largest absolute Gasteiger partial charge is 0.380 e. The van der Waals surface area contributed by atoms with Gasteiger partial charge in [0.25, 0.3) is 0 Å². The predicted octanol–water partition coefficient (Wildman–Crippen LogP) is 1.54. The Morgan fingerprint density at radius 1 is 1.40 bits per heavy atom. The first-order valence-corrected chi connectivity index (χ1v) is 8.12. The molecule has 0 amide bonds. The Balaban J connectivity index is 2.38. The van der Waals surface area contributed by atoms with E-state index in [1.165, 1.54) is 18.3 Å². The van der Waals surface area contributed by atoms with E-state index in [0.29, 0.717) is 5.01 Å². The quantitative estimate of drug-likeness (QED) is 0.885. The number of nitrogens with zero attached hydrogens (tertiary/aromatic N) is 2. The normalized spacial score (nSPS) is 12.8. The van der Waals surface area contributed by atoms with Crippen molar-refractivity contribution in [1.29, 1.82) is 0 Å². The molecular formula is C11H16N4O3S2. The van der Waals surface area contributed by atoms with Crippen molar-refractivity contribution in [1.82, 2.24) is 14.9 Å². The van der Waals surface area contributed by atoms with Gasteiger partial charge in [-0.3, -0.25) is 0 Å². The summed E-state index contributed by atoms with van der Waals surface area (Å²) >= 11 is 1.43. The van der Waals surface area contributed by atoms with E-state index in [0.717, 1.165) is 4.88 Å². The number of thiazole rings is 1. The molecule has 0 saturated heterocycles. The third kappa shape index (κ3) is 2.69. The van der Waals surface area contributed by atoms with Crippen LogP contribution in [0, 0.1) is 13.8 Å². The number of rotatable bonds is 4. The summed E-state index contributed by atoms with van der Waals surface area (Å²) in [4.78, 5) is 5.10. The van der Waals surface area contributed by atoms with Crippen LogP contribution in [-0.2, 0) is 15.6 Å². The van der Waals surface area contributed by atoms with Gasteiger partial charge in [0.1, 0.15) is 5.01 Å². The zero-order chi connectivity index (χ0) is 15.1. The summed E-state index contributed by atoms with van der Waals surface area (Å²) in [6.45, 7) is 6.88. The fourth-order valence-corrected chi connectivity index (χ4v) is 4.27. The molecule has 0 unspecified atom stereocenters. The molecule has 7 nitrogen and oxygen atoms in total. The van der Waals surface area contributed by atoms with Crippen molar-refractivity contribution < 1.29 is 12.9 Å². The maximum absolute atomic E-state index is 12.4. The second-order valence-corrected chi connectivity index (χ2v) is 7.81. The Morgan fingerprint density at radius 2 is 2.05 bits per heavy atom. The number of aromatic nitrogens is 2. The van der Waals surface area contributed by atoms with Crippen molar-refractivity contribution >= 4 is 27.2 Å². The summed E-state index contributed by atoms with van der Waals surface area (Å²) < 4.78 is 32.2. The highest BCUT2D eigenvalue weighted by Crippen LogP contribution is 2.29. The van der Waals surface area contributed by atoms with Crippen LogP contribution < -0.4 is 10.5 Å². The first-order chi connectivity index (χ1) is 9.13. The second kappa shape index (κ2) is 4.83. The monoisotopic (exact) mass is 316 g/mol. The number of nitrogen functional groups attached to an aromatic ring is 1. The number of hydrogen-bond acceptors (Lipinski definition) is 7. The van der Waals surface area contributed by atoms with Gasteiger partial charge in [-0.2, -0.15) is 4.72 Å². The number of hydrogen-bond donors (Lipinski definition) is 2. The van der Waals surface area contributed by atoms with Crippen LogP contribution in [0.1, 0.15) is 29.5 Å². The molecule has 0 bridgehead atoms. The van der Waals surface area contributed by atoms with Crippen LogP contribution >= 0.6 is 11.3 Å². The lowest BCUT2D eigenvalue weighted by molar-refractivity contribution is 0.396. The number of nitrogens with two attached hydrogens (primary N) is 1. The first kappa shape index (κ1) is 14.9. The highest BCUT2D eigenvalue weighted by Gasteiger charge is 2.34. The Hall–Kier alpha value is -1.45. The minimum Gasteiger partial charge on any atom is -0.380 e. The number of nitrogens with one attached hydrogen (secondary N) is 1. The molecule has 110 valence electrons. The van der Waals surface area contributed by atoms with Gasteiger partial charge < -0.3 is 10.3 Å². The van der Waals surface area contributed by atoms with Crippen molar-refractivity contribution in [3.05, 3.63) is 21.8 Å². The smallest absolute Gasteiger partial charge is 0.248 e. The van der Waals surface area contributed by atoms with Crippen LogP contribution in [0.25, 0.3) is 0 Å². The van der Waals surface area contributed by atoms with Crippen LogP contribution in [0.2, 0.25) is 0 Å². The molecule has 3 N–H and O–H groups in total. The molecule has 0 aliphatic heterocycles. The molecule has 0 spiro atoms. The molecular weight excluding hydrogens is 300 g/mol. The maximum Gasteiger partial charge on any atom is 0.248 e. The molecule has 0 saturated carbocycles. The molecule has 0 aliphatic rings. The molecule has 0 fully saturated rings. The summed E-state index contributed by atoms with van der Waals surface area (Å²) in [6, 6.07) is 0. The third-order valence-corrected chi connectivity index (χ3v) is 5.70. The van der Waals surface area contributed by atoms with E-state index in [1.807, 2.05) is 6.92 Å². The fourth-order valence-electron chi connectivity index (χ4n) is 1.78. The fraction of sp³-hybridized carbons (Fsp3) is 0.455. The topological polar surface area (TPSA) is 111 Å². The summed E-state index contributed by atoms with van der Waals surface area (Å²) in [5.74, 6) is 0.00207. The molecule has 2 rings (SSSR count). The van der Waals surface area contributed by atoms with Gasteiger partial charge in [0.05, 0.1) is 5.54 Å². The van der Waals surface area contributed by atoms with E-state index in [4.69, 9.17) is 10.3 Å². The highest BCUT2D eigenvalue weighted by molar-refractivity contribution is 7.89. The third-order valence-electron chi connectivity index (χ3n) is 2.65. The van der Waals surface area contributed by atoms with Crippen molar-refractivity contribution in [2.45, 2.75) is 38.1 Å². The average molecular weight is 316 g/mol. The molecule has 2 aromatic rings. The SMILES string of the molecule is Cc1cnc(C(C)(C)NS(=O)(=O)c2c(N)noc2C)s1. The Kier molecular flexibility index (Phi) is 3.61. The lowest BCUT2D eigenvalue weighted by atomic mass is 10.1. The maximum atomic E-state index is 12.4. The van der Waals surface area contributed by atoms with E-state index in [2.05, 4.69) is 14.9 Å². The standard InChI is InChI=1S/C11H16N4O3S2/c1-6-5-13-10(19-6)11(3,4)15-20(16,17)8-7(2)18-14-9(8)12/h5,15H,1-4H3,(H2,12,14). The Morgan fingerprint density at radius 3 is 2.50 bits per heavy atom. The van der Waals surface area contributed by atoms with Gasteiger partial charge in [0, 0.05) is 11.1 Å². The van der Waals surface area contributed by atoms with E-state index in [1.54, 1.807) is 20.0 Å². The molecule has 0 aliphatic carbocycles. The summed E-state index contributed by atoms with van der Waals surface area (Å²) in [5, 5.41) is 4.13. The van der Waals surface area contributed by atoms with Gasteiger partial charge in [-0.05, 0) is 27.7 Å². The van der Waals surface area contributed by atoms with Gasteiger partial charge in [0.2, 0.25) is 10.0 Å². The van der Waals surface area contributed by atoms with E-state index in [9.17, 15) is 8.42 Å². The zero-order valence-electron chi connectivity index (χ0n) is 11.6. The van der Waals surface area contributed by atoms with E-state index >= 15 is 0 Å². The molecule has 0 radical (unpaired) electrons. The number of anilines is 1. The van der Waals surface area contributed by atoms with Gasteiger partial charge in [-0.15, -0.1) is 11.3 Å². The van der Waals surface area contributed by atoms with Crippen molar-refractivity contribution in [2.24, 2.45) is 0 Å². The van der Waals surface area contributed by atoms with Crippen LogP contribution in [0.4, 0.5) is 5.82 Å². The van der Waals surface area contributed by atoms with Crippen LogP contribution in [0.3, 0.4) is 0 Å². The summed E-state index contributed by atoms with van der Waals surface area (Å²) in [6.07, 6.45) is 1.70. The average Bonchev–Trinajstić information content (AvgIpc) is 2.84. The molecule has 20 heavy (non-hydrogen) atoms. The summed E-state index contributed by atoms with van der Waals surface area (Å²) in [7, 11) is -3.84. The minimum absolute atomic E-state index is 0.126. The summed E-state index contributed by atoms with van der Waals surface area (Å²) in [5.41, 5.74) is 4.70. The molecule has 0 aromatic carbocycles. The molecule has 2 heterocycles. The first-order valence-electron chi connectivity index (χ1n) is 5.82. The molecule has 9 heteroatoms. The number of sulfonamides is 1. The van der Waals surface area contributed by atoms with Crippen LogP contribution in [0.15, 0.2) is 15.6 Å². The predicted molar refractivity (Wildman–Crippen MR) is 75.9 cm³/mol. The molecule has 2 aromatic heterocycles. The zero-order valence-corrected chi connectivity index (χ0v) is 13.2. The highest BCUT2D eigenvalue weighted by atomic mass is 32.2. The van der Waals surface area contributed by atoms with Crippen LogP contribution in [0.5, 0.6) is 0 Å². The Labute approximate surface area is 121 Å². The van der Waals surface area contributed by atoms with Gasteiger partial charge in [0.15, 0.2) is 16.5 Å². The Bertz CT molecular complexity index is 711.